The van der Waals surface area contributed by atoms with Gasteiger partial charge in [-0.25, -0.2) is 10.4 Å². The second-order valence-corrected chi connectivity index (χ2v) is 4.92. The zero-order valence-corrected chi connectivity index (χ0v) is 11.3. The number of rotatable bonds is 1. The van der Waals surface area contributed by atoms with E-state index in [9.17, 15) is 9.59 Å². The number of hydrazine groups is 1. The van der Waals surface area contributed by atoms with Crippen LogP contribution in [0.3, 0.4) is 0 Å². The number of carbonyl (C=O) groups excluding carboxylic acids is 2. The summed E-state index contributed by atoms with van der Waals surface area (Å²) < 4.78 is 0. The Labute approximate surface area is 118 Å². The number of amides is 2. The van der Waals surface area contributed by atoms with Crippen LogP contribution in [0.25, 0.3) is 10.8 Å². The van der Waals surface area contributed by atoms with Crippen LogP contribution in [0.4, 0.5) is 0 Å². The van der Waals surface area contributed by atoms with Crippen LogP contribution < -0.4 is 5.43 Å². The molecular formula is C13H8Cl2N2O2. The van der Waals surface area contributed by atoms with Gasteiger partial charge in [-0.05, 0) is 24.3 Å². The molecule has 2 amide bonds. The van der Waals surface area contributed by atoms with Gasteiger partial charge in [-0.15, -0.1) is 0 Å². The monoisotopic (exact) mass is 294 g/mol. The van der Waals surface area contributed by atoms with Crippen molar-refractivity contribution in [3.8, 4) is 0 Å². The summed E-state index contributed by atoms with van der Waals surface area (Å²) in [6.07, 6.45) is 0. The Kier molecular flexibility index (Phi) is 2.74. The van der Waals surface area contributed by atoms with E-state index in [1.54, 1.807) is 24.3 Å². The van der Waals surface area contributed by atoms with Gasteiger partial charge in [0.15, 0.2) is 0 Å². The third-order valence-electron chi connectivity index (χ3n) is 3.15. The van der Waals surface area contributed by atoms with Gasteiger partial charge in [0, 0.05) is 27.9 Å². The molecule has 1 heterocycles. The molecule has 0 spiro atoms. The quantitative estimate of drug-likeness (QED) is 0.823. The zero-order valence-electron chi connectivity index (χ0n) is 9.83. The second-order valence-electron chi connectivity index (χ2n) is 4.11. The van der Waals surface area contributed by atoms with Gasteiger partial charge >= 0.3 is 0 Å². The van der Waals surface area contributed by atoms with Gasteiger partial charge in [0.05, 0.1) is 11.1 Å². The van der Waals surface area contributed by atoms with Crippen molar-refractivity contribution in [3.05, 3.63) is 45.4 Å². The van der Waals surface area contributed by atoms with Crippen LogP contribution in [-0.4, -0.2) is 23.9 Å². The summed E-state index contributed by atoms with van der Waals surface area (Å²) in [4.78, 5) is 24.4. The lowest BCUT2D eigenvalue weighted by molar-refractivity contribution is 0.0540. The van der Waals surface area contributed by atoms with Crippen molar-refractivity contribution in [1.29, 1.82) is 0 Å². The number of carbonyl (C=O) groups is 2. The van der Waals surface area contributed by atoms with E-state index in [-0.39, 0.29) is 0 Å². The smallest absolute Gasteiger partial charge is 0.267 e. The molecule has 1 N–H and O–H groups in total. The van der Waals surface area contributed by atoms with Crippen LogP contribution in [0.15, 0.2) is 24.3 Å². The molecule has 6 heteroatoms. The molecule has 0 bridgehead atoms. The van der Waals surface area contributed by atoms with Gasteiger partial charge in [-0.1, -0.05) is 23.2 Å². The Morgan fingerprint density at radius 2 is 1.37 bits per heavy atom. The summed E-state index contributed by atoms with van der Waals surface area (Å²) in [6, 6.07) is 6.42. The Morgan fingerprint density at radius 3 is 1.79 bits per heavy atom. The Bertz CT molecular complexity index is 686. The fourth-order valence-corrected chi connectivity index (χ4v) is 2.87. The molecule has 1 aliphatic rings. The van der Waals surface area contributed by atoms with Crippen LogP contribution in [0, 0.1) is 0 Å². The number of halogens is 2. The average Bonchev–Trinajstić information content (AvgIpc) is 2.38. The summed E-state index contributed by atoms with van der Waals surface area (Å²) in [7, 11) is 1.52. The predicted molar refractivity (Wildman–Crippen MR) is 73.5 cm³/mol. The summed E-state index contributed by atoms with van der Waals surface area (Å²) in [5, 5.41) is 2.87. The van der Waals surface area contributed by atoms with E-state index < -0.39 is 11.8 Å². The number of nitrogens with zero attached hydrogens (tertiary/aromatic N) is 1. The van der Waals surface area contributed by atoms with E-state index in [2.05, 4.69) is 5.43 Å². The first-order valence-corrected chi connectivity index (χ1v) is 6.28. The highest BCUT2D eigenvalue weighted by atomic mass is 35.5. The highest BCUT2D eigenvalue weighted by Gasteiger charge is 2.33. The van der Waals surface area contributed by atoms with E-state index in [4.69, 9.17) is 23.2 Å². The van der Waals surface area contributed by atoms with E-state index >= 15 is 0 Å². The molecule has 2 aromatic rings. The molecule has 0 aliphatic carbocycles. The lowest BCUT2D eigenvalue weighted by atomic mass is 9.95. The molecular weight excluding hydrogens is 287 g/mol. The maximum absolute atomic E-state index is 12.2. The van der Waals surface area contributed by atoms with Crippen molar-refractivity contribution in [1.82, 2.24) is 10.4 Å². The molecule has 2 aromatic carbocycles. The first-order valence-electron chi connectivity index (χ1n) is 5.53. The Balaban J connectivity index is 2.50. The van der Waals surface area contributed by atoms with Crippen molar-refractivity contribution < 1.29 is 9.59 Å². The minimum atomic E-state index is -0.413. The maximum atomic E-state index is 12.2. The molecule has 0 saturated carbocycles. The summed E-state index contributed by atoms with van der Waals surface area (Å²) in [5.41, 5.74) is 3.40. The molecule has 19 heavy (non-hydrogen) atoms. The zero-order chi connectivity index (χ0) is 13.7. The van der Waals surface area contributed by atoms with Crippen molar-refractivity contribution in [3.63, 3.8) is 0 Å². The second kappa shape index (κ2) is 4.20. The SMILES string of the molecule is CNN1C(=O)c2ccc(Cl)c3c(Cl)ccc(c23)C1=O. The maximum Gasteiger partial charge on any atom is 0.275 e. The van der Waals surface area contributed by atoms with Gasteiger partial charge < -0.3 is 0 Å². The molecule has 3 rings (SSSR count). The largest absolute Gasteiger partial charge is 0.275 e. The van der Waals surface area contributed by atoms with Crippen molar-refractivity contribution in [2.24, 2.45) is 0 Å². The summed E-state index contributed by atoms with van der Waals surface area (Å²) in [5.74, 6) is -0.826. The number of hydrogen-bond acceptors (Lipinski definition) is 3. The first kappa shape index (κ1) is 12.4. The molecule has 0 aromatic heterocycles. The number of imide groups is 1. The fraction of sp³-hybridized carbons (Fsp3) is 0.0769. The minimum absolute atomic E-state index is 0.408. The lowest BCUT2D eigenvalue weighted by Gasteiger charge is -2.26. The molecule has 0 saturated heterocycles. The van der Waals surface area contributed by atoms with E-state index in [0.29, 0.717) is 31.9 Å². The summed E-state index contributed by atoms with van der Waals surface area (Å²) >= 11 is 12.2. The van der Waals surface area contributed by atoms with Gasteiger partial charge in [0.1, 0.15) is 0 Å². The summed E-state index contributed by atoms with van der Waals surface area (Å²) in [6.45, 7) is 0. The molecule has 96 valence electrons. The minimum Gasteiger partial charge on any atom is -0.267 e. The van der Waals surface area contributed by atoms with Gasteiger partial charge in [0.2, 0.25) is 0 Å². The molecule has 0 fully saturated rings. The van der Waals surface area contributed by atoms with Crippen LogP contribution in [0.1, 0.15) is 20.7 Å². The topological polar surface area (TPSA) is 49.4 Å². The normalized spacial score (nSPS) is 14.4. The van der Waals surface area contributed by atoms with Gasteiger partial charge in [-0.2, -0.15) is 0 Å². The van der Waals surface area contributed by atoms with Crippen molar-refractivity contribution >= 4 is 45.8 Å². The van der Waals surface area contributed by atoms with E-state index in [1.165, 1.54) is 7.05 Å². The Morgan fingerprint density at radius 1 is 0.895 bits per heavy atom. The van der Waals surface area contributed by atoms with E-state index in [1.807, 2.05) is 0 Å². The molecule has 0 radical (unpaired) electrons. The third kappa shape index (κ3) is 1.57. The fourth-order valence-electron chi connectivity index (χ4n) is 2.31. The predicted octanol–water partition coefficient (Wildman–Crippen LogP) is 2.88. The Hall–Kier alpha value is -1.62. The highest BCUT2D eigenvalue weighted by Crippen LogP contribution is 2.37. The van der Waals surface area contributed by atoms with Gasteiger partial charge in [-0.3, -0.25) is 9.59 Å². The van der Waals surface area contributed by atoms with Crippen LogP contribution in [0.2, 0.25) is 10.0 Å². The molecule has 1 aliphatic heterocycles. The van der Waals surface area contributed by atoms with E-state index in [0.717, 1.165) is 5.01 Å². The van der Waals surface area contributed by atoms with Crippen LogP contribution in [0.5, 0.6) is 0 Å². The first-order chi connectivity index (χ1) is 9.06. The van der Waals surface area contributed by atoms with Gasteiger partial charge in [0.25, 0.3) is 11.8 Å². The van der Waals surface area contributed by atoms with Crippen LogP contribution in [-0.2, 0) is 0 Å². The van der Waals surface area contributed by atoms with Crippen LogP contribution >= 0.6 is 23.2 Å². The van der Waals surface area contributed by atoms with Crippen molar-refractivity contribution in [2.75, 3.05) is 7.05 Å². The third-order valence-corrected chi connectivity index (χ3v) is 3.78. The molecule has 0 unspecified atom stereocenters. The number of nitrogens with one attached hydrogen (secondary N) is 1. The number of hydrogen-bond donors (Lipinski definition) is 1. The highest BCUT2D eigenvalue weighted by molar-refractivity contribution is 6.44. The number of benzene rings is 2. The lowest BCUT2D eigenvalue weighted by Crippen LogP contribution is -2.47. The molecule has 4 nitrogen and oxygen atoms in total. The standard InChI is InChI=1S/C13H8Cl2N2O2/c1-16-17-12(18)6-2-4-8(14)11-9(15)5-3-7(10(6)11)13(17)19/h2-5,16H,1H3. The molecule has 0 atom stereocenters. The average molecular weight is 295 g/mol. The van der Waals surface area contributed by atoms with Crippen molar-refractivity contribution in [2.45, 2.75) is 0 Å².